The van der Waals surface area contributed by atoms with Crippen molar-refractivity contribution in [3.63, 3.8) is 0 Å². The molecule has 0 bridgehead atoms. The minimum absolute atomic E-state index is 0.371. The zero-order valence-corrected chi connectivity index (χ0v) is 12.7. The van der Waals surface area contributed by atoms with Crippen LogP contribution < -0.4 is 5.32 Å². The lowest BCUT2D eigenvalue weighted by atomic mass is 10.1. The standard InChI is InChI=1S/C16H17N3OS/c1-11-18-15(13-8-10-21-16(13)19-11)17-9-4-6-12-5-2-3-7-14(12)20/h2-3,5,7-8,10,20H,4,6,9H2,1H3,(H,17,18,19). The van der Waals surface area contributed by atoms with Gasteiger partial charge in [-0.3, -0.25) is 0 Å². The number of fused-ring (bicyclic) bond motifs is 1. The van der Waals surface area contributed by atoms with Crippen LogP contribution in [0.2, 0.25) is 0 Å². The number of aryl methyl sites for hydroxylation is 2. The highest BCUT2D eigenvalue weighted by molar-refractivity contribution is 7.16. The van der Waals surface area contributed by atoms with Crippen LogP contribution >= 0.6 is 11.3 Å². The van der Waals surface area contributed by atoms with Gasteiger partial charge in [-0.25, -0.2) is 9.97 Å². The van der Waals surface area contributed by atoms with Crippen molar-refractivity contribution in [3.8, 4) is 5.75 Å². The molecule has 0 amide bonds. The van der Waals surface area contributed by atoms with E-state index in [0.717, 1.165) is 46.8 Å². The number of hydrogen-bond acceptors (Lipinski definition) is 5. The summed E-state index contributed by atoms with van der Waals surface area (Å²) in [6, 6.07) is 9.52. The predicted molar refractivity (Wildman–Crippen MR) is 87.1 cm³/mol. The molecule has 3 aromatic rings. The second kappa shape index (κ2) is 6.10. The maximum Gasteiger partial charge on any atom is 0.138 e. The Kier molecular flexibility index (Phi) is 4.01. The summed E-state index contributed by atoms with van der Waals surface area (Å²) >= 11 is 1.63. The van der Waals surface area contributed by atoms with E-state index < -0.39 is 0 Å². The van der Waals surface area contributed by atoms with E-state index in [0.29, 0.717) is 5.75 Å². The second-order valence-electron chi connectivity index (χ2n) is 4.92. The molecule has 3 rings (SSSR count). The monoisotopic (exact) mass is 299 g/mol. The number of aromatic hydroxyl groups is 1. The highest BCUT2D eigenvalue weighted by Crippen LogP contribution is 2.25. The minimum Gasteiger partial charge on any atom is -0.508 e. The van der Waals surface area contributed by atoms with Crippen LogP contribution in [0.1, 0.15) is 17.8 Å². The van der Waals surface area contributed by atoms with Crippen LogP contribution in [0.4, 0.5) is 5.82 Å². The van der Waals surface area contributed by atoms with Gasteiger partial charge in [-0.1, -0.05) is 18.2 Å². The Labute approximate surface area is 127 Å². The summed E-state index contributed by atoms with van der Waals surface area (Å²) < 4.78 is 0. The molecule has 2 heterocycles. The highest BCUT2D eigenvalue weighted by atomic mass is 32.1. The van der Waals surface area contributed by atoms with Gasteiger partial charge in [-0.05, 0) is 42.8 Å². The largest absolute Gasteiger partial charge is 0.508 e. The molecule has 2 N–H and O–H groups in total. The van der Waals surface area contributed by atoms with Gasteiger partial charge in [0.15, 0.2) is 0 Å². The van der Waals surface area contributed by atoms with Gasteiger partial charge >= 0.3 is 0 Å². The van der Waals surface area contributed by atoms with Gasteiger partial charge in [0.1, 0.15) is 22.2 Å². The van der Waals surface area contributed by atoms with E-state index in [1.54, 1.807) is 17.4 Å². The SMILES string of the molecule is Cc1nc(NCCCc2ccccc2O)c2ccsc2n1. The topological polar surface area (TPSA) is 58.0 Å². The number of thiophene rings is 1. The van der Waals surface area contributed by atoms with E-state index in [9.17, 15) is 5.11 Å². The molecule has 5 heteroatoms. The van der Waals surface area contributed by atoms with Crippen molar-refractivity contribution in [1.82, 2.24) is 9.97 Å². The number of rotatable bonds is 5. The molecule has 0 saturated heterocycles. The lowest BCUT2D eigenvalue weighted by Crippen LogP contribution is -2.06. The first-order valence-electron chi connectivity index (χ1n) is 6.96. The molecule has 0 fully saturated rings. The lowest BCUT2D eigenvalue weighted by molar-refractivity contribution is 0.467. The molecule has 21 heavy (non-hydrogen) atoms. The zero-order chi connectivity index (χ0) is 14.7. The Morgan fingerprint density at radius 2 is 2.05 bits per heavy atom. The summed E-state index contributed by atoms with van der Waals surface area (Å²) in [5, 5.41) is 16.2. The number of nitrogens with zero attached hydrogens (tertiary/aromatic N) is 2. The van der Waals surface area contributed by atoms with Gasteiger partial charge in [0.05, 0.1) is 5.39 Å². The Morgan fingerprint density at radius 3 is 2.90 bits per heavy atom. The number of benzene rings is 1. The van der Waals surface area contributed by atoms with E-state index in [1.807, 2.05) is 36.6 Å². The first kappa shape index (κ1) is 13.8. The quantitative estimate of drug-likeness (QED) is 0.704. The second-order valence-corrected chi connectivity index (χ2v) is 5.81. The molecule has 0 aliphatic heterocycles. The Bertz CT molecular complexity index is 754. The van der Waals surface area contributed by atoms with Gasteiger partial charge in [-0.2, -0.15) is 0 Å². The number of para-hydroxylation sites is 1. The normalized spacial score (nSPS) is 10.9. The Balaban J connectivity index is 1.62. The Hall–Kier alpha value is -2.14. The minimum atomic E-state index is 0.371. The lowest BCUT2D eigenvalue weighted by Gasteiger charge is -2.08. The molecule has 0 atom stereocenters. The fourth-order valence-corrected chi connectivity index (χ4v) is 3.11. The summed E-state index contributed by atoms with van der Waals surface area (Å²) in [6.07, 6.45) is 1.78. The first-order chi connectivity index (χ1) is 10.2. The molecule has 0 spiro atoms. The van der Waals surface area contributed by atoms with Crippen molar-refractivity contribution in [2.75, 3.05) is 11.9 Å². The van der Waals surface area contributed by atoms with Crippen molar-refractivity contribution < 1.29 is 5.11 Å². The number of anilines is 1. The molecule has 2 aromatic heterocycles. The van der Waals surface area contributed by atoms with Crippen LogP contribution in [-0.4, -0.2) is 21.6 Å². The van der Waals surface area contributed by atoms with Crippen molar-refractivity contribution >= 4 is 27.4 Å². The number of phenols is 1. The highest BCUT2D eigenvalue weighted by Gasteiger charge is 2.06. The molecular formula is C16H17N3OS. The zero-order valence-electron chi connectivity index (χ0n) is 11.8. The van der Waals surface area contributed by atoms with Gasteiger partial charge in [-0.15, -0.1) is 11.3 Å². The van der Waals surface area contributed by atoms with Crippen LogP contribution in [0.25, 0.3) is 10.2 Å². The molecule has 1 aromatic carbocycles. The van der Waals surface area contributed by atoms with E-state index in [1.165, 1.54) is 0 Å². The van der Waals surface area contributed by atoms with Crippen LogP contribution in [-0.2, 0) is 6.42 Å². The molecule has 0 unspecified atom stereocenters. The maximum atomic E-state index is 9.74. The summed E-state index contributed by atoms with van der Waals surface area (Å²) in [5.41, 5.74) is 0.985. The van der Waals surface area contributed by atoms with Gasteiger partial charge in [0, 0.05) is 6.54 Å². The third-order valence-electron chi connectivity index (χ3n) is 3.34. The summed E-state index contributed by atoms with van der Waals surface area (Å²) in [4.78, 5) is 9.91. The number of nitrogens with one attached hydrogen (secondary N) is 1. The van der Waals surface area contributed by atoms with Crippen LogP contribution in [0.3, 0.4) is 0 Å². The van der Waals surface area contributed by atoms with Gasteiger partial charge in [0.2, 0.25) is 0 Å². The molecule has 0 aliphatic carbocycles. The Morgan fingerprint density at radius 1 is 1.19 bits per heavy atom. The predicted octanol–water partition coefficient (Wildman–Crippen LogP) is 3.75. The smallest absolute Gasteiger partial charge is 0.138 e. The summed E-state index contributed by atoms with van der Waals surface area (Å²) in [6.45, 7) is 2.72. The molecule has 4 nitrogen and oxygen atoms in total. The molecule has 0 aliphatic rings. The number of phenolic OH excluding ortho intramolecular Hbond substituents is 1. The molecule has 0 radical (unpaired) electrons. The molecular weight excluding hydrogens is 282 g/mol. The number of aromatic nitrogens is 2. The third-order valence-corrected chi connectivity index (χ3v) is 4.15. The van der Waals surface area contributed by atoms with E-state index in [4.69, 9.17) is 0 Å². The van der Waals surface area contributed by atoms with Crippen molar-refractivity contribution in [2.45, 2.75) is 19.8 Å². The van der Waals surface area contributed by atoms with E-state index >= 15 is 0 Å². The van der Waals surface area contributed by atoms with Gasteiger partial charge in [0.25, 0.3) is 0 Å². The van der Waals surface area contributed by atoms with Crippen LogP contribution in [0, 0.1) is 6.92 Å². The molecule has 108 valence electrons. The van der Waals surface area contributed by atoms with E-state index in [2.05, 4.69) is 15.3 Å². The summed E-state index contributed by atoms with van der Waals surface area (Å²) in [5.74, 6) is 2.06. The third kappa shape index (κ3) is 3.13. The van der Waals surface area contributed by atoms with Crippen LogP contribution in [0.5, 0.6) is 5.75 Å². The fourth-order valence-electron chi connectivity index (χ4n) is 2.30. The first-order valence-corrected chi connectivity index (χ1v) is 7.84. The average molecular weight is 299 g/mol. The van der Waals surface area contributed by atoms with Crippen molar-refractivity contribution in [2.24, 2.45) is 0 Å². The van der Waals surface area contributed by atoms with E-state index in [-0.39, 0.29) is 0 Å². The van der Waals surface area contributed by atoms with Crippen molar-refractivity contribution in [1.29, 1.82) is 0 Å². The number of hydrogen-bond donors (Lipinski definition) is 2. The average Bonchev–Trinajstić information content (AvgIpc) is 2.93. The summed E-state index contributed by atoms with van der Waals surface area (Å²) in [7, 11) is 0. The maximum absolute atomic E-state index is 9.74. The van der Waals surface area contributed by atoms with Crippen LogP contribution in [0.15, 0.2) is 35.7 Å². The fraction of sp³-hybridized carbons (Fsp3) is 0.250. The van der Waals surface area contributed by atoms with Crippen molar-refractivity contribution in [3.05, 3.63) is 47.1 Å². The molecule has 0 saturated carbocycles. The van der Waals surface area contributed by atoms with Gasteiger partial charge < -0.3 is 10.4 Å².